The molecule has 2 aliphatic heterocycles. The highest BCUT2D eigenvalue weighted by Gasteiger charge is 2.70. The lowest BCUT2D eigenvalue weighted by molar-refractivity contribution is -0.127. The lowest BCUT2D eigenvalue weighted by Crippen LogP contribution is -2.53. The van der Waals surface area contributed by atoms with E-state index in [-0.39, 0.29) is 36.2 Å². The van der Waals surface area contributed by atoms with Gasteiger partial charge in [-0.05, 0) is 72.9 Å². The quantitative estimate of drug-likeness (QED) is 0.177. The number of amides is 4. The van der Waals surface area contributed by atoms with E-state index in [1.807, 2.05) is 36.4 Å². The Hall–Kier alpha value is -4.92. The van der Waals surface area contributed by atoms with Gasteiger partial charge in [0.1, 0.15) is 0 Å². The second-order valence-electron chi connectivity index (χ2n) is 13.0. The predicted molar refractivity (Wildman–Crippen MR) is 185 cm³/mol. The van der Waals surface area contributed by atoms with E-state index in [2.05, 4.69) is 0 Å². The van der Waals surface area contributed by atoms with Crippen LogP contribution in [0.3, 0.4) is 0 Å². The number of anilines is 2. The number of imide groups is 2. The number of carbonyl (C=O) groups is 4. The number of phenols is 1. The van der Waals surface area contributed by atoms with Crippen LogP contribution in [-0.2, 0) is 24.6 Å². The number of carbonyl (C=O) groups excluding carboxylic acids is 4. The Morgan fingerprint density at radius 3 is 2.20 bits per heavy atom. The van der Waals surface area contributed by atoms with Gasteiger partial charge in [-0.2, -0.15) is 0 Å². The van der Waals surface area contributed by atoms with Gasteiger partial charge in [0.05, 0.1) is 41.7 Å². The number of fused-ring (bicyclic) bond motifs is 4. The number of benzene rings is 4. The van der Waals surface area contributed by atoms with E-state index in [0.29, 0.717) is 32.5 Å². The fourth-order valence-electron chi connectivity index (χ4n) is 8.87. The van der Waals surface area contributed by atoms with Crippen molar-refractivity contribution in [1.29, 1.82) is 0 Å². The first-order chi connectivity index (χ1) is 23.7. The van der Waals surface area contributed by atoms with Crippen LogP contribution in [0.5, 0.6) is 11.5 Å². The maximum Gasteiger partial charge on any atom is 0.246 e. The third-order valence-electron chi connectivity index (χ3n) is 10.8. The summed E-state index contributed by atoms with van der Waals surface area (Å²) in [6.45, 7) is 0. The van der Waals surface area contributed by atoms with E-state index in [4.69, 9.17) is 27.9 Å². The fourth-order valence-corrected chi connectivity index (χ4v) is 9.18. The van der Waals surface area contributed by atoms with Crippen LogP contribution in [0.15, 0.2) is 109 Å². The van der Waals surface area contributed by atoms with E-state index in [0.717, 1.165) is 5.57 Å². The molecule has 0 bridgehead atoms. The predicted octanol–water partition coefficient (Wildman–Crippen LogP) is 7.07. The van der Waals surface area contributed by atoms with Crippen LogP contribution in [0, 0.1) is 23.7 Å². The minimum Gasteiger partial charge on any atom is -0.504 e. The molecule has 0 aromatic heterocycles. The number of halogens is 2. The lowest BCUT2D eigenvalue weighted by atomic mass is 9.49. The largest absolute Gasteiger partial charge is 0.504 e. The van der Waals surface area contributed by atoms with Crippen LogP contribution in [0.2, 0.25) is 10.0 Å². The van der Waals surface area contributed by atoms with Crippen LogP contribution < -0.4 is 14.5 Å². The molecule has 1 N–H and O–H groups in total. The molecule has 1 saturated carbocycles. The van der Waals surface area contributed by atoms with Gasteiger partial charge in [0.15, 0.2) is 11.5 Å². The van der Waals surface area contributed by atoms with E-state index in [1.165, 1.54) is 16.9 Å². The highest BCUT2D eigenvalue weighted by molar-refractivity contribution is 6.32. The molecule has 2 aliphatic carbocycles. The number of para-hydroxylation sites is 1. The van der Waals surface area contributed by atoms with Gasteiger partial charge in [-0.3, -0.25) is 24.1 Å². The number of phenolic OH excluding ortho intramolecular Hbond substituents is 1. The minimum atomic E-state index is -1.51. The van der Waals surface area contributed by atoms with Gasteiger partial charge in [-0.15, -0.1) is 0 Å². The SMILES string of the molecule is COc1cccc(C2C3=CCC4C(=O)N(c5ccc(Cl)cc5)C(=O)C4C3CC3C(=O)N(c4cccc(Cl)c4)C(=O)C32c2ccccc2)c1O. The summed E-state index contributed by atoms with van der Waals surface area (Å²) in [6, 6.07) is 27.4. The first-order valence-electron chi connectivity index (χ1n) is 16.1. The van der Waals surface area contributed by atoms with Crippen molar-refractivity contribution in [3.05, 3.63) is 130 Å². The van der Waals surface area contributed by atoms with Crippen molar-refractivity contribution in [2.24, 2.45) is 23.7 Å². The van der Waals surface area contributed by atoms with Crippen LogP contribution in [-0.4, -0.2) is 35.8 Å². The Labute approximate surface area is 292 Å². The molecule has 6 atom stereocenters. The van der Waals surface area contributed by atoms with Gasteiger partial charge in [0.2, 0.25) is 23.6 Å². The van der Waals surface area contributed by atoms with Crippen molar-refractivity contribution < 1.29 is 29.0 Å². The zero-order chi connectivity index (χ0) is 34.2. The molecule has 246 valence electrons. The maximum absolute atomic E-state index is 15.3. The molecular weight excluding hydrogens is 663 g/mol. The highest BCUT2D eigenvalue weighted by Crippen LogP contribution is 2.65. The third-order valence-corrected chi connectivity index (χ3v) is 11.3. The summed E-state index contributed by atoms with van der Waals surface area (Å²) in [5.41, 5.74) is 0.971. The average Bonchev–Trinajstić information content (AvgIpc) is 3.50. The first kappa shape index (κ1) is 31.4. The molecule has 2 heterocycles. The normalized spacial score (nSPS) is 27.5. The van der Waals surface area contributed by atoms with Crippen LogP contribution in [0.25, 0.3) is 0 Å². The summed E-state index contributed by atoms with van der Waals surface area (Å²) in [5, 5.41) is 12.6. The molecule has 10 heteroatoms. The van der Waals surface area contributed by atoms with Gasteiger partial charge >= 0.3 is 0 Å². The third kappa shape index (κ3) is 4.43. The van der Waals surface area contributed by atoms with E-state index >= 15 is 4.79 Å². The summed E-state index contributed by atoms with van der Waals surface area (Å²) >= 11 is 12.5. The molecule has 8 nitrogen and oxygen atoms in total. The van der Waals surface area contributed by atoms with E-state index in [1.54, 1.807) is 66.7 Å². The summed E-state index contributed by atoms with van der Waals surface area (Å²) < 4.78 is 5.52. The van der Waals surface area contributed by atoms with Gasteiger partial charge in [0.25, 0.3) is 0 Å². The lowest BCUT2D eigenvalue weighted by Gasteiger charge is -2.50. The molecule has 0 spiro atoms. The number of ether oxygens (including phenoxy) is 1. The second-order valence-corrected chi connectivity index (χ2v) is 13.9. The first-order valence-corrected chi connectivity index (χ1v) is 16.8. The molecule has 8 rings (SSSR count). The number of nitrogens with zero attached hydrogens (tertiary/aromatic N) is 2. The van der Waals surface area contributed by atoms with Crippen molar-refractivity contribution in [3.63, 3.8) is 0 Å². The Morgan fingerprint density at radius 2 is 1.49 bits per heavy atom. The Balaban J connectivity index is 1.37. The van der Waals surface area contributed by atoms with Gasteiger partial charge < -0.3 is 9.84 Å². The van der Waals surface area contributed by atoms with Crippen molar-refractivity contribution in [3.8, 4) is 11.5 Å². The standard InChI is InChI=1S/C39H30Cl2N2O6/c1-49-31-12-6-11-28(34(31)44)33-26-17-18-27-32(37(47)42(35(27)45)24-15-13-22(40)14-16-24)29(26)20-30-36(46)43(25-10-5-9-23(41)19-25)38(48)39(30,33)21-7-3-2-4-8-21/h2-17,19,27,29-30,32-33,44H,18,20H2,1H3. The number of hydrogen-bond donors (Lipinski definition) is 1. The molecule has 2 saturated heterocycles. The fraction of sp³-hybridized carbons (Fsp3) is 0.231. The van der Waals surface area contributed by atoms with Crippen molar-refractivity contribution in [2.75, 3.05) is 16.9 Å². The van der Waals surface area contributed by atoms with Crippen molar-refractivity contribution >= 4 is 58.2 Å². The molecule has 4 aromatic carbocycles. The average molecular weight is 694 g/mol. The van der Waals surface area contributed by atoms with Crippen molar-refractivity contribution in [2.45, 2.75) is 24.2 Å². The van der Waals surface area contributed by atoms with Crippen LogP contribution in [0.1, 0.15) is 29.9 Å². The molecule has 3 fully saturated rings. The molecular formula is C39H30Cl2N2O6. The topological polar surface area (TPSA) is 104 Å². The molecule has 4 aromatic rings. The smallest absolute Gasteiger partial charge is 0.246 e. The molecule has 4 amide bonds. The zero-order valence-electron chi connectivity index (χ0n) is 26.3. The zero-order valence-corrected chi connectivity index (χ0v) is 27.8. The van der Waals surface area contributed by atoms with Gasteiger partial charge in [-0.1, -0.05) is 83.4 Å². The second kappa shape index (κ2) is 11.6. The summed E-state index contributed by atoms with van der Waals surface area (Å²) in [7, 11) is 1.45. The number of hydrogen-bond acceptors (Lipinski definition) is 6. The molecule has 6 unspecified atom stereocenters. The van der Waals surface area contributed by atoms with Crippen LogP contribution in [0.4, 0.5) is 11.4 Å². The monoisotopic (exact) mass is 692 g/mol. The Kier molecular flexibility index (Phi) is 7.42. The van der Waals surface area contributed by atoms with Crippen LogP contribution >= 0.6 is 23.2 Å². The molecule has 4 aliphatic rings. The number of methoxy groups -OCH3 is 1. The number of rotatable bonds is 5. The van der Waals surface area contributed by atoms with E-state index < -0.39 is 46.8 Å². The highest BCUT2D eigenvalue weighted by atomic mass is 35.5. The van der Waals surface area contributed by atoms with Crippen molar-refractivity contribution in [1.82, 2.24) is 0 Å². The number of allylic oxidation sites excluding steroid dienone is 2. The maximum atomic E-state index is 15.3. The van der Waals surface area contributed by atoms with Gasteiger partial charge in [0, 0.05) is 21.5 Å². The minimum absolute atomic E-state index is 0.137. The summed E-state index contributed by atoms with van der Waals surface area (Å²) in [5.74, 6) is -5.39. The summed E-state index contributed by atoms with van der Waals surface area (Å²) in [4.78, 5) is 60.9. The van der Waals surface area contributed by atoms with Gasteiger partial charge in [-0.25, -0.2) is 4.90 Å². The Morgan fingerprint density at radius 1 is 0.755 bits per heavy atom. The summed E-state index contributed by atoms with van der Waals surface area (Å²) in [6.07, 6.45) is 2.34. The Bertz CT molecular complexity index is 2080. The van der Waals surface area contributed by atoms with E-state index in [9.17, 15) is 19.5 Å². The molecule has 49 heavy (non-hydrogen) atoms. The number of aromatic hydroxyl groups is 1. The molecule has 0 radical (unpaired) electrons.